The van der Waals surface area contributed by atoms with Gasteiger partial charge in [0.2, 0.25) is 0 Å². The minimum atomic E-state index is -0.788. The Kier molecular flexibility index (Phi) is 11.7. The van der Waals surface area contributed by atoms with Gasteiger partial charge in [0.25, 0.3) is 5.91 Å². The van der Waals surface area contributed by atoms with Crippen molar-refractivity contribution < 1.29 is 38.1 Å². The number of rotatable bonds is 13. The molecule has 46 heavy (non-hydrogen) atoms. The lowest BCUT2D eigenvalue weighted by atomic mass is 9.95. The van der Waals surface area contributed by atoms with Crippen LogP contribution >= 0.6 is 23.2 Å². The van der Waals surface area contributed by atoms with E-state index in [2.05, 4.69) is 21.2 Å². The van der Waals surface area contributed by atoms with Gasteiger partial charge in [0.05, 0.1) is 43.7 Å². The predicted molar refractivity (Wildman–Crippen MR) is 172 cm³/mol. The third kappa shape index (κ3) is 8.61. The van der Waals surface area contributed by atoms with Gasteiger partial charge in [0.15, 0.2) is 29.6 Å². The molecule has 1 aliphatic rings. The van der Waals surface area contributed by atoms with Crippen molar-refractivity contribution in [1.29, 1.82) is 0 Å². The fourth-order valence-corrected chi connectivity index (χ4v) is 4.98. The first-order chi connectivity index (χ1) is 22.1. The molecule has 3 amide bonds. The topological polar surface area (TPSA) is 146 Å². The Balaban J connectivity index is 1.37. The van der Waals surface area contributed by atoms with E-state index in [-0.39, 0.29) is 41.9 Å². The first kappa shape index (κ1) is 33.9. The molecule has 3 N–H and O–H groups in total. The number of hydrazone groups is 1. The SMILES string of the molecule is CCOC(=O)C1=C(C)NC(=O)N[C@@H]1c1ccc(OCC(=O)N/N=C/c2cc(Cl)c(OCc3cccc(Cl)c3)c(OC)c2)c(OC)c1. The third-order valence-electron chi connectivity index (χ3n) is 6.57. The van der Waals surface area contributed by atoms with Crippen LogP contribution in [0.15, 0.2) is 71.0 Å². The number of halogens is 2. The summed E-state index contributed by atoms with van der Waals surface area (Å²) in [4.78, 5) is 37.3. The molecule has 1 aliphatic heterocycles. The molecule has 0 bridgehead atoms. The Morgan fingerprint density at radius 2 is 1.78 bits per heavy atom. The van der Waals surface area contributed by atoms with Gasteiger partial charge in [0.1, 0.15) is 6.61 Å². The molecular formula is C32H32Cl2N4O8. The van der Waals surface area contributed by atoms with Crippen LogP contribution in [0.25, 0.3) is 0 Å². The molecule has 0 aromatic heterocycles. The highest BCUT2D eigenvalue weighted by molar-refractivity contribution is 6.32. The van der Waals surface area contributed by atoms with E-state index < -0.39 is 23.9 Å². The van der Waals surface area contributed by atoms with Crippen LogP contribution in [0.3, 0.4) is 0 Å². The maximum absolute atomic E-state index is 12.6. The minimum absolute atomic E-state index is 0.174. The van der Waals surface area contributed by atoms with Crippen LogP contribution in [-0.2, 0) is 20.9 Å². The molecule has 4 rings (SSSR count). The lowest BCUT2D eigenvalue weighted by Gasteiger charge is -2.28. The molecule has 14 heteroatoms. The number of benzene rings is 3. The Labute approximate surface area is 275 Å². The largest absolute Gasteiger partial charge is 0.493 e. The smallest absolute Gasteiger partial charge is 0.338 e. The molecule has 0 aliphatic carbocycles. The van der Waals surface area contributed by atoms with E-state index >= 15 is 0 Å². The van der Waals surface area contributed by atoms with Gasteiger partial charge < -0.3 is 34.3 Å². The van der Waals surface area contributed by atoms with Crippen molar-refractivity contribution in [3.63, 3.8) is 0 Å². The summed E-state index contributed by atoms with van der Waals surface area (Å²) in [6.07, 6.45) is 1.40. The molecule has 0 spiro atoms. The summed E-state index contributed by atoms with van der Waals surface area (Å²) in [7, 11) is 2.91. The highest BCUT2D eigenvalue weighted by atomic mass is 35.5. The molecule has 0 saturated carbocycles. The molecular weight excluding hydrogens is 639 g/mol. The summed E-state index contributed by atoms with van der Waals surface area (Å²) in [5, 5.41) is 10.2. The summed E-state index contributed by atoms with van der Waals surface area (Å²) in [5.41, 5.74) is 4.98. The number of ether oxygens (including phenoxy) is 5. The number of nitrogens with zero attached hydrogens (tertiary/aromatic N) is 1. The van der Waals surface area contributed by atoms with E-state index in [0.29, 0.717) is 33.3 Å². The molecule has 3 aromatic carbocycles. The van der Waals surface area contributed by atoms with Crippen LogP contribution in [0.5, 0.6) is 23.0 Å². The lowest BCUT2D eigenvalue weighted by Crippen LogP contribution is -2.45. The number of nitrogens with one attached hydrogen (secondary N) is 3. The molecule has 242 valence electrons. The number of carbonyl (C=O) groups excluding carboxylic acids is 3. The monoisotopic (exact) mass is 670 g/mol. The maximum Gasteiger partial charge on any atom is 0.338 e. The van der Waals surface area contributed by atoms with Crippen molar-refractivity contribution in [2.75, 3.05) is 27.4 Å². The van der Waals surface area contributed by atoms with Gasteiger partial charge in [-0.1, -0.05) is 41.4 Å². The predicted octanol–water partition coefficient (Wildman–Crippen LogP) is 5.31. The zero-order valence-electron chi connectivity index (χ0n) is 25.4. The normalized spacial score (nSPS) is 14.3. The molecule has 1 heterocycles. The highest BCUT2D eigenvalue weighted by Crippen LogP contribution is 2.37. The first-order valence-electron chi connectivity index (χ1n) is 14.0. The molecule has 0 unspecified atom stereocenters. The molecule has 0 radical (unpaired) electrons. The number of allylic oxidation sites excluding steroid dienone is 1. The first-order valence-corrected chi connectivity index (χ1v) is 14.7. The Bertz CT molecular complexity index is 1680. The van der Waals surface area contributed by atoms with E-state index in [1.807, 2.05) is 12.1 Å². The lowest BCUT2D eigenvalue weighted by molar-refractivity contribution is -0.139. The fourth-order valence-electron chi connectivity index (χ4n) is 4.50. The van der Waals surface area contributed by atoms with Crippen LogP contribution in [0.1, 0.15) is 36.6 Å². The van der Waals surface area contributed by atoms with Gasteiger partial charge in [-0.05, 0) is 66.9 Å². The molecule has 1 atom stereocenters. The van der Waals surface area contributed by atoms with E-state index in [1.54, 1.807) is 56.3 Å². The quantitative estimate of drug-likeness (QED) is 0.126. The van der Waals surface area contributed by atoms with E-state index in [1.165, 1.54) is 20.4 Å². The van der Waals surface area contributed by atoms with E-state index in [0.717, 1.165) is 5.56 Å². The van der Waals surface area contributed by atoms with Gasteiger partial charge >= 0.3 is 12.0 Å². The van der Waals surface area contributed by atoms with Crippen LogP contribution < -0.4 is 35.0 Å². The number of esters is 1. The number of methoxy groups -OCH3 is 2. The summed E-state index contributed by atoms with van der Waals surface area (Å²) >= 11 is 12.5. The number of amides is 3. The third-order valence-corrected chi connectivity index (χ3v) is 7.09. The van der Waals surface area contributed by atoms with Gasteiger partial charge in [-0.3, -0.25) is 4.79 Å². The standard InChI is InChI=1S/C32H32Cl2N4O8/c1-5-44-31(40)28-18(2)36-32(41)37-29(28)21-9-10-24(25(14-21)42-3)45-17-27(39)38-35-15-20-12-23(34)30(26(13-20)43-4)46-16-19-7-6-8-22(33)11-19/h6-15,29H,5,16-17H2,1-4H3,(H,38,39)(H2,36,37,41)/b35-15+/t29-/m1/s1. The van der Waals surface area contributed by atoms with Crippen molar-refractivity contribution in [2.45, 2.75) is 26.5 Å². The second kappa shape index (κ2) is 15.9. The van der Waals surface area contributed by atoms with Crippen molar-refractivity contribution in [3.05, 3.63) is 92.6 Å². The van der Waals surface area contributed by atoms with Crippen molar-refractivity contribution in [1.82, 2.24) is 16.1 Å². The summed E-state index contributed by atoms with van der Waals surface area (Å²) in [6.45, 7) is 3.33. The van der Waals surface area contributed by atoms with Gasteiger partial charge in [-0.15, -0.1) is 0 Å². The Morgan fingerprint density at radius 3 is 2.50 bits per heavy atom. The van der Waals surface area contributed by atoms with Gasteiger partial charge in [0, 0.05) is 10.7 Å². The number of hydrogen-bond acceptors (Lipinski definition) is 9. The van der Waals surface area contributed by atoms with Crippen LogP contribution in [0, 0.1) is 0 Å². The second-order valence-electron chi connectivity index (χ2n) is 9.74. The van der Waals surface area contributed by atoms with Crippen LogP contribution in [0.2, 0.25) is 10.0 Å². The van der Waals surface area contributed by atoms with Crippen molar-refractivity contribution in [2.24, 2.45) is 5.10 Å². The highest BCUT2D eigenvalue weighted by Gasteiger charge is 2.32. The zero-order valence-corrected chi connectivity index (χ0v) is 27.0. The van der Waals surface area contributed by atoms with Crippen LogP contribution in [-0.4, -0.2) is 51.6 Å². The second-order valence-corrected chi connectivity index (χ2v) is 10.6. The minimum Gasteiger partial charge on any atom is -0.493 e. The average molecular weight is 672 g/mol. The summed E-state index contributed by atoms with van der Waals surface area (Å²) in [6, 6.07) is 14.1. The van der Waals surface area contributed by atoms with Gasteiger partial charge in [-0.25, -0.2) is 15.0 Å². The fraction of sp³-hybridized carbons (Fsp3) is 0.250. The number of urea groups is 1. The van der Waals surface area contributed by atoms with Crippen LogP contribution in [0.4, 0.5) is 4.79 Å². The Morgan fingerprint density at radius 1 is 1.00 bits per heavy atom. The van der Waals surface area contributed by atoms with E-state index in [4.69, 9.17) is 46.9 Å². The maximum atomic E-state index is 12.6. The summed E-state index contributed by atoms with van der Waals surface area (Å²) < 4.78 is 27.6. The molecule has 0 fully saturated rings. The molecule has 0 saturated heterocycles. The van der Waals surface area contributed by atoms with E-state index in [9.17, 15) is 14.4 Å². The Hall–Kier alpha value is -4.94. The summed E-state index contributed by atoms with van der Waals surface area (Å²) in [5.74, 6) is 0.161. The average Bonchev–Trinajstić information content (AvgIpc) is 3.02. The molecule has 12 nitrogen and oxygen atoms in total. The molecule has 3 aromatic rings. The zero-order chi connectivity index (χ0) is 33.2. The number of hydrogen-bond donors (Lipinski definition) is 3. The van der Waals surface area contributed by atoms with Crippen molar-refractivity contribution >= 4 is 47.3 Å². The van der Waals surface area contributed by atoms with Crippen molar-refractivity contribution in [3.8, 4) is 23.0 Å². The van der Waals surface area contributed by atoms with Gasteiger partial charge in [-0.2, -0.15) is 5.10 Å². The number of carbonyl (C=O) groups is 3.